The third kappa shape index (κ3) is 10.7. The lowest BCUT2D eigenvalue weighted by Gasteiger charge is -2.40. The summed E-state index contributed by atoms with van der Waals surface area (Å²) in [6.07, 6.45) is 6.80. The summed E-state index contributed by atoms with van der Waals surface area (Å²) in [4.78, 5) is 26.5. The maximum absolute atomic E-state index is 12.7. The van der Waals surface area contributed by atoms with Crippen molar-refractivity contribution in [3.05, 3.63) is 41.5 Å². The van der Waals surface area contributed by atoms with Crippen LogP contribution in [0.3, 0.4) is 0 Å². The Morgan fingerprint density at radius 3 is 2.47 bits per heavy atom. The Kier molecular flexibility index (Phi) is 13.4. The number of carbonyl (C=O) groups is 2. The molecule has 7 nitrogen and oxygen atoms in total. The van der Waals surface area contributed by atoms with Crippen LogP contribution in [0.4, 0.5) is 4.79 Å². The number of fused-ring (bicyclic) bond motifs is 3. The molecule has 2 aliphatic rings. The normalized spacial score (nSPS) is 22.0. The van der Waals surface area contributed by atoms with Gasteiger partial charge in [0, 0.05) is 64.7 Å². The first-order valence-electron chi connectivity index (χ1n) is 17.4. The lowest BCUT2D eigenvalue weighted by atomic mass is 9.86. The summed E-state index contributed by atoms with van der Waals surface area (Å²) in [7, 11) is 0.0770. The standard InChI is InChI=1S/C38H61NO6Si2/c1-13-14-17-27(2)31(44-37(41)39(6)7)23-22-29-32(45-47(11,12)38(3,4)5)26-33-35(29)30-20-15-18-28(36(30)43-33)19-16-21-34(40)42-24-25-46(8,9)10/h15,18,20,22-23,27,29,31-33,35H,16-17,19,21,24-26H2,1-12H3/b23-22+/t27-,29-,31+,32+,33-,35-/m0/s1. The lowest BCUT2D eigenvalue weighted by molar-refractivity contribution is -0.143. The Hall–Kier alpha value is -2.55. The van der Waals surface area contributed by atoms with Crippen molar-refractivity contribution in [2.24, 2.45) is 11.8 Å². The van der Waals surface area contributed by atoms with Crippen molar-refractivity contribution in [1.82, 2.24) is 4.90 Å². The fourth-order valence-corrected chi connectivity index (χ4v) is 8.05. The number of rotatable bonds is 14. The Morgan fingerprint density at radius 2 is 1.85 bits per heavy atom. The van der Waals surface area contributed by atoms with Gasteiger partial charge in [0.2, 0.25) is 0 Å². The number of para-hydroxylation sites is 1. The molecule has 0 N–H and O–H groups in total. The zero-order valence-corrected chi connectivity index (χ0v) is 33.2. The fraction of sp³-hybridized carbons (Fsp3) is 0.684. The third-order valence-corrected chi connectivity index (χ3v) is 16.2. The van der Waals surface area contributed by atoms with Crippen molar-refractivity contribution in [3.63, 3.8) is 0 Å². The summed E-state index contributed by atoms with van der Waals surface area (Å²) in [6.45, 7) is 22.7. The Morgan fingerprint density at radius 1 is 1.15 bits per heavy atom. The Labute approximate surface area is 287 Å². The number of ether oxygens (including phenoxy) is 3. The number of amides is 1. The number of benzene rings is 1. The van der Waals surface area contributed by atoms with Gasteiger partial charge in [-0.3, -0.25) is 4.79 Å². The monoisotopic (exact) mass is 683 g/mol. The summed E-state index contributed by atoms with van der Waals surface area (Å²) in [5.41, 5.74) is 2.34. The van der Waals surface area contributed by atoms with E-state index in [1.807, 2.05) is 6.92 Å². The minimum Gasteiger partial charge on any atom is -0.489 e. The zero-order valence-electron chi connectivity index (χ0n) is 31.2. The molecule has 262 valence electrons. The average molecular weight is 684 g/mol. The van der Waals surface area contributed by atoms with Crippen molar-refractivity contribution < 1.29 is 28.2 Å². The first-order valence-corrected chi connectivity index (χ1v) is 24.0. The lowest BCUT2D eigenvalue weighted by Crippen LogP contribution is -2.45. The highest BCUT2D eigenvalue weighted by atomic mass is 28.4. The van der Waals surface area contributed by atoms with Gasteiger partial charge in [0.25, 0.3) is 0 Å². The quantitative estimate of drug-likeness (QED) is 0.0845. The summed E-state index contributed by atoms with van der Waals surface area (Å²) < 4.78 is 25.3. The average Bonchev–Trinajstić information content (AvgIpc) is 3.48. The second kappa shape index (κ2) is 16.2. The minimum absolute atomic E-state index is 0.00624. The Bertz CT molecular complexity index is 1320. The topological polar surface area (TPSA) is 74.3 Å². The molecule has 0 saturated heterocycles. The molecule has 1 aromatic rings. The van der Waals surface area contributed by atoms with Gasteiger partial charge in [-0.15, -0.1) is 11.8 Å². The highest BCUT2D eigenvalue weighted by Gasteiger charge is 2.52. The molecule has 1 aromatic carbocycles. The molecule has 0 unspecified atom stereocenters. The van der Waals surface area contributed by atoms with E-state index in [0.29, 0.717) is 19.4 Å². The van der Waals surface area contributed by atoms with E-state index in [9.17, 15) is 9.59 Å². The van der Waals surface area contributed by atoms with Crippen LogP contribution in [-0.4, -0.2) is 72.4 Å². The van der Waals surface area contributed by atoms with E-state index < -0.39 is 22.5 Å². The highest BCUT2D eigenvalue weighted by molar-refractivity contribution is 6.76. The second-order valence-corrected chi connectivity index (χ2v) is 26.7. The number of esters is 1. The van der Waals surface area contributed by atoms with E-state index in [4.69, 9.17) is 18.6 Å². The van der Waals surface area contributed by atoms with Crippen molar-refractivity contribution in [2.75, 3.05) is 20.7 Å². The summed E-state index contributed by atoms with van der Waals surface area (Å²) in [5.74, 6) is 7.18. The van der Waals surface area contributed by atoms with Crippen molar-refractivity contribution in [3.8, 4) is 17.6 Å². The van der Waals surface area contributed by atoms with Gasteiger partial charge >= 0.3 is 12.1 Å². The molecule has 0 bridgehead atoms. The van der Waals surface area contributed by atoms with Crippen LogP contribution in [0.25, 0.3) is 0 Å². The van der Waals surface area contributed by atoms with Gasteiger partial charge in [-0.2, -0.15) is 0 Å². The number of nitrogens with zero attached hydrogens (tertiary/aromatic N) is 1. The van der Waals surface area contributed by atoms with Crippen LogP contribution in [0.5, 0.6) is 5.75 Å². The molecule has 47 heavy (non-hydrogen) atoms. The zero-order chi connectivity index (χ0) is 35.2. The highest BCUT2D eigenvalue weighted by Crippen LogP contribution is 2.54. The largest absolute Gasteiger partial charge is 0.489 e. The minimum atomic E-state index is -2.09. The van der Waals surface area contributed by atoms with Crippen molar-refractivity contribution in [1.29, 1.82) is 0 Å². The molecule has 1 amide bonds. The van der Waals surface area contributed by atoms with E-state index in [-0.39, 0.29) is 47.1 Å². The van der Waals surface area contributed by atoms with Crippen LogP contribution in [0.15, 0.2) is 30.4 Å². The molecule has 3 rings (SSSR count). The van der Waals surface area contributed by atoms with Gasteiger partial charge in [0.05, 0.1) is 12.7 Å². The van der Waals surface area contributed by atoms with Crippen molar-refractivity contribution >= 4 is 28.5 Å². The van der Waals surface area contributed by atoms with E-state index in [0.717, 1.165) is 36.6 Å². The maximum atomic E-state index is 12.7. The van der Waals surface area contributed by atoms with Gasteiger partial charge in [-0.1, -0.05) is 71.6 Å². The number of hydrogen-bond donors (Lipinski definition) is 0. The Balaban J connectivity index is 1.87. The maximum Gasteiger partial charge on any atom is 0.409 e. The molecule has 1 heterocycles. The van der Waals surface area contributed by atoms with E-state index in [2.05, 4.69) is 103 Å². The molecule has 1 aliphatic carbocycles. The van der Waals surface area contributed by atoms with Crippen LogP contribution in [0.2, 0.25) is 43.8 Å². The fourth-order valence-electron chi connectivity index (χ4n) is 5.98. The SMILES string of the molecule is CC#CC[C@H](C)[C@@H](/C=C/[C@@H]1[C@H]2c3cccc(CCCC(=O)OCC[Si](C)(C)C)c3O[C@H]2C[C@H]1O[Si](C)(C)C(C)(C)C)OC(=O)N(C)C. The third-order valence-electron chi connectivity index (χ3n) is 9.95. The second-order valence-electron chi connectivity index (χ2n) is 16.4. The molecule has 0 radical (unpaired) electrons. The van der Waals surface area contributed by atoms with Gasteiger partial charge < -0.3 is 23.5 Å². The molecule has 6 atom stereocenters. The molecule has 9 heteroatoms. The van der Waals surface area contributed by atoms with E-state index in [1.165, 1.54) is 10.5 Å². The first kappa shape index (κ1) is 38.9. The van der Waals surface area contributed by atoms with E-state index in [1.54, 1.807) is 14.1 Å². The molecular formula is C38H61NO6Si2. The van der Waals surface area contributed by atoms with Crippen molar-refractivity contribution in [2.45, 2.75) is 135 Å². The number of aryl methyl sites for hydroxylation is 1. The van der Waals surface area contributed by atoms with Gasteiger partial charge in [-0.05, 0) is 55.6 Å². The first-order chi connectivity index (χ1) is 21.8. The van der Waals surface area contributed by atoms with Crippen LogP contribution in [-0.2, 0) is 25.1 Å². The molecule has 1 saturated carbocycles. The van der Waals surface area contributed by atoms with Crippen LogP contribution >= 0.6 is 0 Å². The summed E-state index contributed by atoms with van der Waals surface area (Å²) >= 11 is 0. The molecule has 1 fully saturated rings. The van der Waals surface area contributed by atoms with Gasteiger partial charge in [-0.25, -0.2) is 4.79 Å². The van der Waals surface area contributed by atoms with Gasteiger partial charge in [0.15, 0.2) is 8.32 Å². The molecule has 1 aliphatic heterocycles. The predicted molar refractivity (Wildman–Crippen MR) is 196 cm³/mol. The predicted octanol–water partition coefficient (Wildman–Crippen LogP) is 8.82. The number of hydrogen-bond acceptors (Lipinski definition) is 6. The summed E-state index contributed by atoms with van der Waals surface area (Å²) in [6, 6.07) is 7.41. The smallest absolute Gasteiger partial charge is 0.409 e. The van der Waals surface area contributed by atoms with Gasteiger partial charge in [0.1, 0.15) is 18.0 Å². The van der Waals surface area contributed by atoms with Crippen LogP contribution < -0.4 is 4.74 Å². The van der Waals surface area contributed by atoms with E-state index >= 15 is 0 Å². The van der Waals surface area contributed by atoms with Crippen LogP contribution in [0.1, 0.15) is 77.3 Å². The molecule has 0 aromatic heterocycles. The van der Waals surface area contributed by atoms with Crippen LogP contribution in [0, 0.1) is 23.7 Å². The summed E-state index contributed by atoms with van der Waals surface area (Å²) in [5, 5.41) is 0.0673. The molecular weight excluding hydrogens is 623 g/mol. The molecule has 0 spiro atoms. The number of carbonyl (C=O) groups excluding carboxylic acids is 2.